The van der Waals surface area contributed by atoms with Gasteiger partial charge < -0.3 is 9.47 Å². The fraction of sp³-hybridized carbons (Fsp3) is 0.0526. The molecule has 0 fully saturated rings. The standard InChI is InChI=1S/C57H42N2S/c1-37-33-44(29-30-45(37)40-17-6-4-7-18-40)59(54-35-38(2)50(34-39(54)3)41-19-8-5-9-20-41)53-32-31-46(57-56(53)49-25-12-15-28-55(49)60-57)42-21-16-22-43(36-42)58-51-26-13-10-23-47(51)48-24-11-14-27-52(48)58/h4-36H,1-3H3. The van der Waals surface area contributed by atoms with Gasteiger partial charge in [-0.05, 0) is 132 Å². The predicted molar refractivity (Wildman–Crippen MR) is 259 cm³/mol. The lowest BCUT2D eigenvalue weighted by Crippen LogP contribution is -2.13. The maximum Gasteiger partial charge on any atom is 0.0555 e. The van der Waals surface area contributed by atoms with Crippen LogP contribution in [0.3, 0.4) is 0 Å². The molecule has 0 atom stereocenters. The van der Waals surface area contributed by atoms with Gasteiger partial charge in [0, 0.05) is 48.0 Å². The van der Waals surface area contributed by atoms with Crippen molar-refractivity contribution in [3.05, 3.63) is 217 Å². The molecule has 11 aromatic rings. The van der Waals surface area contributed by atoms with Crippen LogP contribution in [0.25, 0.3) is 81.0 Å². The van der Waals surface area contributed by atoms with Crippen LogP contribution in [0.1, 0.15) is 16.7 Å². The fourth-order valence-electron chi connectivity index (χ4n) is 9.34. The van der Waals surface area contributed by atoms with E-state index in [9.17, 15) is 0 Å². The molecule has 0 aliphatic carbocycles. The molecule has 9 aromatic carbocycles. The van der Waals surface area contributed by atoms with Gasteiger partial charge in [0.05, 0.1) is 16.7 Å². The van der Waals surface area contributed by atoms with Crippen LogP contribution in [-0.4, -0.2) is 4.57 Å². The van der Waals surface area contributed by atoms with E-state index in [-0.39, 0.29) is 0 Å². The van der Waals surface area contributed by atoms with Gasteiger partial charge in [0.25, 0.3) is 0 Å². The van der Waals surface area contributed by atoms with Crippen molar-refractivity contribution in [1.82, 2.24) is 4.57 Å². The normalized spacial score (nSPS) is 11.6. The molecule has 0 radical (unpaired) electrons. The third kappa shape index (κ3) is 5.93. The maximum atomic E-state index is 2.51. The van der Waals surface area contributed by atoms with Crippen LogP contribution >= 0.6 is 11.3 Å². The van der Waals surface area contributed by atoms with E-state index in [4.69, 9.17) is 0 Å². The Hall–Kier alpha value is -7.20. The Labute approximate surface area is 354 Å². The number of nitrogens with zero attached hydrogens (tertiary/aromatic N) is 2. The molecule has 2 nitrogen and oxygen atoms in total. The van der Waals surface area contributed by atoms with E-state index in [1.54, 1.807) is 0 Å². The molecule has 3 heteroatoms. The minimum atomic E-state index is 1.14. The summed E-state index contributed by atoms with van der Waals surface area (Å²) >= 11 is 1.89. The molecule has 0 unspecified atom stereocenters. The lowest BCUT2D eigenvalue weighted by Gasteiger charge is -2.30. The first kappa shape index (κ1) is 35.9. The van der Waals surface area contributed by atoms with Crippen LogP contribution in [0.5, 0.6) is 0 Å². The molecule has 0 aliphatic rings. The van der Waals surface area contributed by atoms with Crippen molar-refractivity contribution in [2.75, 3.05) is 4.90 Å². The lowest BCUT2D eigenvalue weighted by atomic mass is 9.95. The highest BCUT2D eigenvalue weighted by molar-refractivity contribution is 7.26. The lowest BCUT2D eigenvalue weighted by molar-refractivity contribution is 1.18. The number of thiophene rings is 1. The van der Waals surface area contributed by atoms with Gasteiger partial charge in [0.2, 0.25) is 0 Å². The smallest absolute Gasteiger partial charge is 0.0555 e. The van der Waals surface area contributed by atoms with E-state index in [0.29, 0.717) is 0 Å². The third-order valence-corrected chi connectivity index (χ3v) is 13.4. The van der Waals surface area contributed by atoms with Crippen molar-refractivity contribution in [3.8, 4) is 39.1 Å². The first-order chi connectivity index (χ1) is 29.5. The minimum Gasteiger partial charge on any atom is -0.310 e. The Morgan fingerprint density at radius 2 is 0.983 bits per heavy atom. The monoisotopic (exact) mass is 786 g/mol. The number of aryl methyl sites for hydroxylation is 3. The number of hydrogen-bond acceptors (Lipinski definition) is 2. The summed E-state index contributed by atoms with van der Waals surface area (Å²) < 4.78 is 4.98. The first-order valence-electron chi connectivity index (χ1n) is 20.7. The molecule has 2 aromatic heterocycles. The summed E-state index contributed by atoms with van der Waals surface area (Å²) in [5.41, 5.74) is 18.2. The maximum absolute atomic E-state index is 2.51. The average molecular weight is 787 g/mol. The van der Waals surface area contributed by atoms with Crippen LogP contribution in [0, 0.1) is 20.8 Å². The zero-order valence-corrected chi connectivity index (χ0v) is 34.7. The van der Waals surface area contributed by atoms with E-state index in [2.05, 4.69) is 230 Å². The van der Waals surface area contributed by atoms with Crippen LogP contribution in [-0.2, 0) is 0 Å². The Morgan fingerprint density at radius 1 is 0.400 bits per heavy atom. The van der Waals surface area contributed by atoms with Crippen molar-refractivity contribution < 1.29 is 0 Å². The predicted octanol–water partition coefficient (Wildman–Crippen LogP) is 16.5. The van der Waals surface area contributed by atoms with Crippen molar-refractivity contribution in [1.29, 1.82) is 0 Å². The highest BCUT2D eigenvalue weighted by Gasteiger charge is 2.24. The molecule has 286 valence electrons. The third-order valence-electron chi connectivity index (χ3n) is 12.2. The van der Waals surface area contributed by atoms with Crippen LogP contribution in [0.4, 0.5) is 17.1 Å². The molecule has 0 saturated heterocycles. The molecule has 0 bridgehead atoms. The average Bonchev–Trinajstić information content (AvgIpc) is 3.85. The second-order valence-corrected chi connectivity index (χ2v) is 16.9. The Morgan fingerprint density at radius 3 is 1.68 bits per heavy atom. The number of fused-ring (bicyclic) bond motifs is 6. The minimum absolute atomic E-state index is 1.14. The number of hydrogen-bond donors (Lipinski definition) is 0. The molecule has 0 spiro atoms. The van der Waals surface area contributed by atoms with Crippen molar-refractivity contribution in [2.24, 2.45) is 0 Å². The molecular formula is C57H42N2S. The van der Waals surface area contributed by atoms with Gasteiger partial charge in [-0.15, -0.1) is 11.3 Å². The number of anilines is 3. The van der Waals surface area contributed by atoms with E-state index in [0.717, 1.165) is 11.4 Å². The number of aromatic nitrogens is 1. The van der Waals surface area contributed by atoms with E-state index >= 15 is 0 Å². The number of benzene rings is 9. The summed E-state index contributed by atoms with van der Waals surface area (Å²) in [6.45, 7) is 6.75. The summed E-state index contributed by atoms with van der Waals surface area (Å²) in [4.78, 5) is 2.51. The molecule has 60 heavy (non-hydrogen) atoms. The van der Waals surface area contributed by atoms with Crippen molar-refractivity contribution in [3.63, 3.8) is 0 Å². The Bertz CT molecular complexity index is 3360. The molecule has 0 N–H and O–H groups in total. The van der Waals surface area contributed by atoms with Gasteiger partial charge in [0.15, 0.2) is 0 Å². The van der Waals surface area contributed by atoms with E-state index in [1.807, 2.05) is 11.3 Å². The second-order valence-electron chi connectivity index (χ2n) is 15.9. The number of para-hydroxylation sites is 2. The SMILES string of the molecule is Cc1cc(N(c2cc(C)c(-c3ccccc3)cc2C)c2ccc(-c3cccc(-n4c5ccccc5c5ccccc54)c3)c3sc4ccccc4c23)ccc1-c1ccccc1. The van der Waals surface area contributed by atoms with Gasteiger partial charge >= 0.3 is 0 Å². The Balaban J connectivity index is 1.14. The van der Waals surface area contributed by atoms with Crippen molar-refractivity contribution >= 4 is 70.4 Å². The number of rotatable bonds is 7. The van der Waals surface area contributed by atoms with Crippen LogP contribution in [0.2, 0.25) is 0 Å². The van der Waals surface area contributed by atoms with Gasteiger partial charge in [0.1, 0.15) is 0 Å². The molecule has 0 aliphatic heterocycles. The zero-order chi connectivity index (χ0) is 40.3. The fourth-order valence-corrected chi connectivity index (χ4v) is 10.6. The van der Waals surface area contributed by atoms with E-state index < -0.39 is 0 Å². The largest absolute Gasteiger partial charge is 0.310 e. The topological polar surface area (TPSA) is 8.17 Å². The van der Waals surface area contributed by atoms with Gasteiger partial charge in [-0.25, -0.2) is 0 Å². The molecular weight excluding hydrogens is 745 g/mol. The van der Waals surface area contributed by atoms with Crippen LogP contribution < -0.4 is 4.90 Å². The molecule has 0 saturated carbocycles. The summed E-state index contributed by atoms with van der Waals surface area (Å²) in [6.07, 6.45) is 0. The molecule has 0 amide bonds. The summed E-state index contributed by atoms with van der Waals surface area (Å²) in [5.74, 6) is 0. The zero-order valence-electron chi connectivity index (χ0n) is 33.9. The second kappa shape index (κ2) is 14.6. The van der Waals surface area contributed by atoms with Crippen molar-refractivity contribution in [2.45, 2.75) is 20.8 Å². The highest BCUT2D eigenvalue weighted by atomic mass is 32.1. The summed E-state index contributed by atoms with van der Waals surface area (Å²) in [7, 11) is 0. The van der Waals surface area contributed by atoms with Crippen LogP contribution in [0.15, 0.2) is 200 Å². The molecule has 11 rings (SSSR count). The van der Waals surface area contributed by atoms with Gasteiger partial charge in [-0.1, -0.05) is 140 Å². The first-order valence-corrected chi connectivity index (χ1v) is 21.5. The summed E-state index contributed by atoms with van der Waals surface area (Å²) in [5, 5.41) is 5.07. The summed E-state index contributed by atoms with van der Waals surface area (Å²) in [6, 6.07) is 73.4. The van der Waals surface area contributed by atoms with Gasteiger partial charge in [-0.3, -0.25) is 0 Å². The van der Waals surface area contributed by atoms with Gasteiger partial charge in [-0.2, -0.15) is 0 Å². The Kier molecular flexibility index (Phi) is 8.72. The quantitative estimate of drug-likeness (QED) is 0.156. The highest BCUT2D eigenvalue weighted by Crippen LogP contribution is 2.50. The molecule has 2 heterocycles. The van der Waals surface area contributed by atoms with E-state index in [1.165, 1.54) is 103 Å².